The first-order chi connectivity index (χ1) is 9.24. The zero-order chi connectivity index (χ0) is 13.7. The van der Waals surface area contributed by atoms with Crippen molar-refractivity contribution in [1.82, 2.24) is 15.1 Å². The number of hydrogen-bond donors (Lipinski definition) is 1. The third-order valence-electron chi connectivity index (χ3n) is 3.38. The standard InChI is InChI=1S/C16H23N3/c1-4-10-17-16(15-11-18-19(3)12-15)14-8-6-13(5-2)7-9-14/h6-9,11-12,16-17H,4-5,10H2,1-3H3. The van der Waals surface area contributed by atoms with E-state index >= 15 is 0 Å². The fourth-order valence-corrected chi connectivity index (χ4v) is 2.25. The largest absolute Gasteiger partial charge is 0.306 e. The summed E-state index contributed by atoms with van der Waals surface area (Å²) >= 11 is 0. The van der Waals surface area contributed by atoms with Crippen LogP contribution < -0.4 is 5.32 Å². The molecule has 0 saturated heterocycles. The number of aryl methyl sites for hydroxylation is 2. The summed E-state index contributed by atoms with van der Waals surface area (Å²) in [5, 5.41) is 7.88. The lowest BCUT2D eigenvalue weighted by molar-refractivity contribution is 0.598. The minimum atomic E-state index is 0.236. The second-order valence-electron chi connectivity index (χ2n) is 4.93. The van der Waals surface area contributed by atoms with E-state index in [1.165, 1.54) is 16.7 Å². The van der Waals surface area contributed by atoms with Crippen molar-refractivity contribution < 1.29 is 0 Å². The van der Waals surface area contributed by atoms with Crippen LogP contribution in [0.3, 0.4) is 0 Å². The number of rotatable bonds is 6. The van der Waals surface area contributed by atoms with Crippen molar-refractivity contribution in [1.29, 1.82) is 0 Å². The van der Waals surface area contributed by atoms with E-state index in [0.29, 0.717) is 0 Å². The van der Waals surface area contributed by atoms with Gasteiger partial charge in [-0.3, -0.25) is 4.68 Å². The molecular weight excluding hydrogens is 234 g/mol. The Balaban J connectivity index is 2.25. The molecule has 102 valence electrons. The van der Waals surface area contributed by atoms with Crippen molar-refractivity contribution in [3.05, 3.63) is 53.3 Å². The van der Waals surface area contributed by atoms with Gasteiger partial charge >= 0.3 is 0 Å². The Labute approximate surface area is 115 Å². The molecule has 1 N–H and O–H groups in total. The van der Waals surface area contributed by atoms with Gasteiger partial charge in [0.2, 0.25) is 0 Å². The maximum Gasteiger partial charge on any atom is 0.0607 e. The summed E-state index contributed by atoms with van der Waals surface area (Å²) in [6.45, 7) is 5.38. The van der Waals surface area contributed by atoms with Gasteiger partial charge in [0.25, 0.3) is 0 Å². The molecule has 1 aromatic carbocycles. The molecule has 0 fully saturated rings. The minimum Gasteiger partial charge on any atom is -0.306 e. The van der Waals surface area contributed by atoms with Crippen molar-refractivity contribution >= 4 is 0 Å². The summed E-state index contributed by atoms with van der Waals surface area (Å²) in [6, 6.07) is 9.11. The quantitative estimate of drug-likeness (QED) is 0.862. The molecular formula is C16H23N3. The molecule has 1 heterocycles. The number of aromatic nitrogens is 2. The highest BCUT2D eigenvalue weighted by molar-refractivity contribution is 5.31. The van der Waals surface area contributed by atoms with Gasteiger partial charge in [-0.2, -0.15) is 5.10 Å². The fraction of sp³-hybridized carbons (Fsp3) is 0.438. The van der Waals surface area contributed by atoms with Crippen LogP contribution in [0.25, 0.3) is 0 Å². The lowest BCUT2D eigenvalue weighted by atomic mass is 9.99. The second-order valence-corrected chi connectivity index (χ2v) is 4.93. The highest BCUT2D eigenvalue weighted by Gasteiger charge is 2.14. The number of benzene rings is 1. The first-order valence-electron chi connectivity index (χ1n) is 7.05. The van der Waals surface area contributed by atoms with Gasteiger partial charge in [0.15, 0.2) is 0 Å². The number of nitrogens with zero attached hydrogens (tertiary/aromatic N) is 2. The molecule has 2 rings (SSSR count). The zero-order valence-corrected chi connectivity index (χ0v) is 12.1. The second kappa shape index (κ2) is 6.53. The van der Waals surface area contributed by atoms with E-state index in [1.54, 1.807) is 0 Å². The Morgan fingerprint density at radius 2 is 1.89 bits per heavy atom. The van der Waals surface area contributed by atoms with Crippen molar-refractivity contribution in [2.45, 2.75) is 32.7 Å². The van der Waals surface area contributed by atoms with Crippen molar-refractivity contribution in [3.8, 4) is 0 Å². The summed E-state index contributed by atoms with van der Waals surface area (Å²) in [4.78, 5) is 0. The van der Waals surface area contributed by atoms with E-state index < -0.39 is 0 Å². The van der Waals surface area contributed by atoms with Crippen molar-refractivity contribution in [2.24, 2.45) is 7.05 Å². The molecule has 19 heavy (non-hydrogen) atoms. The maximum atomic E-state index is 4.28. The average molecular weight is 257 g/mol. The first-order valence-corrected chi connectivity index (χ1v) is 7.05. The van der Waals surface area contributed by atoms with Crippen LogP contribution in [-0.2, 0) is 13.5 Å². The fourth-order valence-electron chi connectivity index (χ4n) is 2.25. The number of hydrogen-bond acceptors (Lipinski definition) is 2. The van der Waals surface area contributed by atoms with Crippen LogP contribution >= 0.6 is 0 Å². The molecule has 3 heteroatoms. The topological polar surface area (TPSA) is 29.9 Å². The van der Waals surface area contributed by atoms with E-state index in [4.69, 9.17) is 0 Å². The minimum absolute atomic E-state index is 0.236. The van der Waals surface area contributed by atoms with Crippen LogP contribution in [0.5, 0.6) is 0 Å². The monoisotopic (exact) mass is 257 g/mol. The van der Waals surface area contributed by atoms with E-state index in [-0.39, 0.29) is 6.04 Å². The smallest absolute Gasteiger partial charge is 0.0607 e. The molecule has 0 aliphatic carbocycles. The van der Waals surface area contributed by atoms with Gasteiger partial charge in [0.1, 0.15) is 0 Å². The van der Waals surface area contributed by atoms with Crippen LogP contribution in [0, 0.1) is 0 Å². The molecule has 0 radical (unpaired) electrons. The lowest BCUT2D eigenvalue weighted by Gasteiger charge is -2.18. The Morgan fingerprint density at radius 1 is 1.16 bits per heavy atom. The summed E-state index contributed by atoms with van der Waals surface area (Å²) in [5.41, 5.74) is 3.91. The van der Waals surface area contributed by atoms with E-state index in [2.05, 4.69) is 54.7 Å². The Hall–Kier alpha value is -1.61. The van der Waals surface area contributed by atoms with E-state index in [1.807, 2.05) is 17.9 Å². The molecule has 0 aliphatic rings. The van der Waals surface area contributed by atoms with Crippen LogP contribution in [0.1, 0.15) is 43.0 Å². The summed E-state index contributed by atoms with van der Waals surface area (Å²) < 4.78 is 1.86. The molecule has 1 atom stereocenters. The van der Waals surface area contributed by atoms with Gasteiger partial charge in [-0.1, -0.05) is 38.1 Å². The summed E-state index contributed by atoms with van der Waals surface area (Å²) in [7, 11) is 1.96. The average Bonchev–Trinajstić information content (AvgIpc) is 2.86. The van der Waals surface area contributed by atoms with Gasteiger partial charge in [-0.15, -0.1) is 0 Å². The first kappa shape index (κ1) is 13.8. The van der Waals surface area contributed by atoms with E-state index in [9.17, 15) is 0 Å². The molecule has 3 nitrogen and oxygen atoms in total. The third kappa shape index (κ3) is 3.44. The van der Waals surface area contributed by atoms with Crippen molar-refractivity contribution in [3.63, 3.8) is 0 Å². The number of nitrogens with one attached hydrogen (secondary N) is 1. The summed E-state index contributed by atoms with van der Waals surface area (Å²) in [5.74, 6) is 0. The predicted molar refractivity (Wildman–Crippen MR) is 79.2 cm³/mol. The Bertz CT molecular complexity index is 499. The SMILES string of the molecule is CCCNC(c1ccc(CC)cc1)c1cnn(C)c1. The molecule has 0 amide bonds. The van der Waals surface area contributed by atoms with Crippen LogP contribution in [-0.4, -0.2) is 16.3 Å². The Morgan fingerprint density at radius 3 is 2.42 bits per heavy atom. The maximum absolute atomic E-state index is 4.28. The van der Waals surface area contributed by atoms with Gasteiger partial charge in [-0.25, -0.2) is 0 Å². The molecule has 0 aliphatic heterocycles. The van der Waals surface area contributed by atoms with Crippen molar-refractivity contribution in [2.75, 3.05) is 6.54 Å². The zero-order valence-electron chi connectivity index (χ0n) is 12.1. The molecule has 0 spiro atoms. The summed E-state index contributed by atoms with van der Waals surface area (Å²) in [6.07, 6.45) is 6.24. The highest BCUT2D eigenvalue weighted by Crippen LogP contribution is 2.22. The molecule has 0 bridgehead atoms. The van der Waals surface area contributed by atoms with E-state index in [0.717, 1.165) is 19.4 Å². The third-order valence-corrected chi connectivity index (χ3v) is 3.38. The van der Waals surface area contributed by atoms with Gasteiger partial charge in [0.05, 0.1) is 12.2 Å². The lowest BCUT2D eigenvalue weighted by Crippen LogP contribution is -2.22. The van der Waals surface area contributed by atoms with Gasteiger partial charge in [0, 0.05) is 18.8 Å². The highest BCUT2D eigenvalue weighted by atomic mass is 15.2. The normalized spacial score (nSPS) is 12.6. The van der Waals surface area contributed by atoms with Crippen LogP contribution in [0.4, 0.5) is 0 Å². The van der Waals surface area contributed by atoms with Gasteiger partial charge in [-0.05, 0) is 30.5 Å². The molecule has 2 aromatic rings. The predicted octanol–water partition coefficient (Wildman–Crippen LogP) is 3.07. The van der Waals surface area contributed by atoms with Gasteiger partial charge < -0.3 is 5.32 Å². The van der Waals surface area contributed by atoms with Crippen LogP contribution in [0.15, 0.2) is 36.7 Å². The molecule has 1 aromatic heterocycles. The van der Waals surface area contributed by atoms with Crippen LogP contribution in [0.2, 0.25) is 0 Å². The molecule has 0 saturated carbocycles. The Kier molecular flexibility index (Phi) is 4.74. The molecule has 1 unspecified atom stereocenters.